The number of hydrogen-bond donors (Lipinski definition) is 2. The summed E-state index contributed by atoms with van der Waals surface area (Å²) in [6.07, 6.45) is 3.49. The van der Waals surface area contributed by atoms with Gasteiger partial charge in [0, 0.05) is 11.6 Å². The third-order valence-electron chi connectivity index (χ3n) is 2.44. The molecule has 0 saturated heterocycles. The van der Waals surface area contributed by atoms with Gasteiger partial charge in [-0.3, -0.25) is 9.59 Å². The molecular formula is C12H13N2O2. The second-order valence-electron chi connectivity index (χ2n) is 3.88. The Morgan fingerprint density at radius 3 is 2.62 bits per heavy atom. The van der Waals surface area contributed by atoms with Gasteiger partial charge in [-0.1, -0.05) is 18.2 Å². The van der Waals surface area contributed by atoms with Crippen LogP contribution in [-0.4, -0.2) is 17.9 Å². The van der Waals surface area contributed by atoms with E-state index in [-0.39, 0.29) is 5.91 Å². The average Bonchev–Trinajstić information content (AvgIpc) is 3.02. The summed E-state index contributed by atoms with van der Waals surface area (Å²) in [6, 6.07) is 7.11. The van der Waals surface area contributed by atoms with Crippen molar-refractivity contribution in [2.24, 2.45) is 5.73 Å². The van der Waals surface area contributed by atoms with Gasteiger partial charge in [0.2, 0.25) is 11.8 Å². The van der Waals surface area contributed by atoms with Crippen LogP contribution in [0.15, 0.2) is 24.3 Å². The fourth-order valence-electron chi connectivity index (χ4n) is 1.46. The molecule has 1 saturated carbocycles. The molecule has 1 aromatic rings. The molecule has 1 fully saturated rings. The maximum Gasteiger partial charge on any atom is 0.249 e. The molecule has 2 rings (SSSR count). The fourth-order valence-corrected chi connectivity index (χ4v) is 1.46. The van der Waals surface area contributed by atoms with Crippen LogP contribution in [0.4, 0.5) is 0 Å². The third-order valence-corrected chi connectivity index (χ3v) is 2.44. The molecule has 0 heterocycles. The molecule has 0 bridgehead atoms. The van der Waals surface area contributed by atoms with E-state index in [4.69, 9.17) is 5.73 Å². The van der Waals surface area contributed by atoms with E-state index < -0.39 is 5.91 Å². The summed E-state index contributed by atoms with van der Waals surface area (Å²) >= 11 is 0. The highest BCUT2D eigenvalue weighted by Gasteiger charge is 2.23. The zero-order valence-corrected chi connectivity index (χ0v) is 8.77. The van der Waals surface area contributed by atoms with E-state index in [9.17, 15) is 9.59 Å². The number of primary amides is 1. The largest absolute Gasteiger partial charge is 0.366 e. The molecule has 1 aliphatic rings. The Morgan fingerprint density at radius 2 is 2.00 bits per heavy atom. The lowest BCUT2D eigenvalue weighted by atomic mass is 10.0. The standard InChI is InChI=1S/C12H13N2O2/c13-12(16)10-4-2-1-3-8(10)7-11(15)14-9-5-6-9/h1-4,7,9H,5-6H2,(H2,13,16)(H,14,15). The summed E-state index contributed by atoms with van der Waals surface area (Å²) < 4.78 is 0. The van der Waals surface area contributed by atoms with Gasteiger partial charge in [0.05, 0.1) is 6.42 Å². The van der Waals surface area contributed by atoms with E-state index in [1.54, 1.807) is 24.3 Å². The lowest BCUT2D eigenvalue weighted by Crippen LogP contribution is -2.26. The summed E-state index contributed by atoms with van der Waals surface area (Å²) in [7, 11) is 0. The van der Waals surface area contributed by atoms with Crippen LogP contribution in [0.25, 0.3) is 0 Å². The first-order chi connectivity index (χ1) is 7.66. The number of amides is 2. The predicted octanol–water partition coefficient (Wildman–Crippen LogP) is 0.616. The van der Waals surface area contributed by atoms with Gasteiger partial charge in [-0.15, -0.1) is 0 Å². The van der Waals surface area contributed by atoms with Gasteiger partial charge < -0.3 is 11.1 Å². The van der Waals surface area contributed by atoms with E-state index in [1.165, 1.54) is 6.42 Å². The maximum atomic E-state index is 11.5. The second-order valence-corrected chi connectivity index (χ2v) is 3.88. The minimum absolute atomic E-state index is 0.170. The highest BCUT2D eigenvalue weighted by Crippen LogP contribution is 2.19. The van der Waals surface area contributed by atoms with Crippen LogP contribution in [0.5, 0.6) is 0 Å². The Morgan fingerprint density at radius 1 is 1.31 bits per heavy atom. The minimum atomic E-state index is -0.522. The summed E-state index contributed by atoms with van der Waals surface area (Å²) in [6.45, 7) is 0. The number of carbonyl (C=O) groups excluding carboxylic acids is 2. The van der Waals surface area contributed by atoms with Crippen molar-refractivity contribution in [2.45, 2.75) is 18.9 Å². The molecule has 4 nitrogen and oxygen atoms in total. The van der Waals surface area contributed by atoms with E-state index in [1.807, 2.05) is 0 Å². The number of hydrogen-bond acceptors (Lipinski definition) is 2. The van der Waals surface area contributed by atoms with Crippen LogP contribution in [0, 0.1) is 6.42 Å². The van der Waals surface area contributed by atoms with E-state index in [0.29, 0.717) is 17.2 Å². The van der Waals surface area contributed by atoms with Crippen LogP contribution in [0.2, 0.25) is 0 Å². The molecule has 4 heteroatoms. The molecule has 0 aliphatic heterocycles. The molecule has 0 atom stereocenters. The Kier molecular flexibility index (Phi) is 2.90. The number of rotatable bonds is 4. The molecule has 83 valence electrons. The zero-order valence-electron chi connectivity index (χ0n) is 8.77. The second kappa shape index (κ2) is 4.35. The SMILES string of the molecule is NC(=O)c1ccccc1[CH]C(=O)NC1CC1. The molecule has 1 aromatic carbocycles. The van der Waals surface area contributed by atoms with Crippen molar-refractivity contribution in [3.05, 3.63) is 41.8 Å². The van der Waals surface area contributed by atoms with Gasteiger partial charge in [0.15, 0.2) is 0 Å². The Hall–Kier alpha value is -1.84. The summed E-state index contributed by atoms with van der Waals surface area (Å²) in [4.78, 5) is 22.6. The topological polar surface area (TPSA) is 72.2 Å². The maximum absolute atomic E-state index is 11.5. The van der Waals surface area contributed by atoms with Gasteiger partial charge in [-0.2, -0.15) is 0 Å². The first-order valence-electron chi connectivity index (χ1n) is 5.21. The average molecular weight is 217 g/mol. The van der Waals surface area contributed by atoms with Crippen molar-refractivity contribution in [1.82, 2.24) is 5.32 Å². The molecule has 0 spiro atoms. The van der Waals surface area contributed by atoms with E-state index in [2.05, 4.69) is 5.32 Å². The number of nitrogens with two attached hydrogens (primary N) is 1. The van der Waals surface area contributed by atoms with Crippen molar-refractivity contribution in [3.63, 3.8) is 0 Å². The van der Waals surface area contributed by atoms with Crippen LogP contribution in [-0.2, 0) is 4.79 Å². The van der Waals surface area contributed by atoms with Crippen molar-refractivity contribution in [1.29, 1.82) is 0 Å². The first-order valence-corrected chi connectivity index (χ1v) is 5.21. The van der Waals surface area contributed by atoms with Gasteiger partial charge >= 0.3 is 0 Å². The molecule has 1 aliphatic carbocycles. The predicted molar refractivity (Wildman–Crippen MR) is 59.5 cm³/mol. The summed E-state index contributed by atoms with van der Waals surface area (Å²) in [5, 5.41) is 2.82. The Balaban J connectivity index is 2.07. The molecule has 0 aromatic heterocycles. The zero-order chi connectivity index (χ0) is 11.5. The Bertz CT molecular complexity index is 425. The van der Waals surface area contributed by atoms with Gasteiger partial charge in [-0.25, -0.2) is 0 Å². The molecule has 3 N–H and O–H groups in total. The molecule has 2 amide bonds. The normalized spacial score (nSPS) is 14.5. The van der Waals surface area contributed by atoms with Crippen molar-refractivity contribution in [3.8, 4) is 0 Å². The van der Waals surface area contributed by atoms with Crippen molar-refractivity contribution < 1.29 is 9.59 Å². The summed E-state index contributed by atoms with van der Waals surface area (Å²) in [5.74, 6) is -0.692. The Labute approximate surface area is 93.8 Å². The van der Waals surface area contributed by atoms with Crippen molar-refractivity contribution in [2.75, 3.05) is 0 Å². The van der Waals surface area contributed by atoms with Crippen LogP contribution >= 0.6 is 0 Å². The monoisotopic (exact) mass is 217 g/mol. The minimum Gasteiger partial charge on any atom is -0.366 e. The molecule has 1 radical (unpaired) electrons. The van der Waals surface area contributed by atoms with Crippen LogP contribution in [0.3, 0.4) is 0 Å². The van der Waals surface area contributed by atoms with Gasteiger partial charge in [0.1, 0.15) is 0 Å². The molecule has 0 unspecified atom stereocenters. The lowest BCUT2D eigenvalue weighted by molar-refractivity contribution is -0.117. The fraction of sp³-hybridized carbons (Fsp3) is 0.250. The van der Waals surface area contributed by atoms with E-state index >= 15 is 0 Å². The highest BCUT2D eigenvalue weighted by atomic mass is 16.2. The first kappa shape index (κ1) is 10.7. The summed E-state index contributed by atoms with van der Waals surface area (Å²) in [5.41, 5.74) is 6.15. The third kappa shape index (κ3) is 2.59. The smallest absolute Gasteiger partial charge is 0.249 e. The quantitative estimate of drug-likeness (QED) is 0.775. The molecular weight excluding hydrogens is 204 g/mol. The lowest BCUT2D eigenvalue weighted by Gasteiger charge is -2.06. The number of carbonyl (C=O) groups is 2. The van der Waals surface area contributed by atoms with Crippen molar-refractivity contribution >= 4 is 11.8 Å². The van der Waals surface area contributed by atoms with Gasteiger partial charge in [0.25, 0.3) is 0 Å². The van der Waals surface area contributed by atoms with Gasteiger partial charge in [-0.05, 0) is 24.5 Å². The van der Waals surface area contributed by atoms with E-state index in [0.717, 1.165) is 12.8 Å². The number of benzene rings is 1. The number of nitrogens with one attached hydrogen (secondary N) is 1. The van der Waals surface area contributed by atoms with Crippen LogP contribution < -0.4 is 11.1 Å². The van der Waals surface area contributed by atoms with Crippen LogP contribution in [0.1, 0.15) is 28.8 Å². The molecule has 16 heavy (non-hydrogen) atoms. The highest BCUT2D eigenvalue weighted by molar-refractivity contribution is 5.98.